The van der Waals surface area contributed by atoms with Crippen LogP contribution in [0.1, 0.15) is 43.4 Å². The molecule has 7 rings (SSSR count). The van der Waals surface area contributed by atoms with Crippen LogP contribution in [-0.2, 0) is 16.0 Å². The molecule has 0 unspecified atom stereocenters. The normalized spacial score (nSPS) is 25.1. The molecular formula is C27H29FN5O3+. The van der Waals surface area contributed by atoms with E-state index >= 15 is 0 Å². The summed E-state index contributed by atoms with van der Waals surface area (Å²) in [7, 11) is 1.55. The molecule has 3 N–H and O–H groups in total. The highest BCUT2D eigenvalue weighted by atomic mass is 19.1. The highest BCUT2D eigenvalue weighted by Crippen LogP contribution is 2.46. The number of nitrogens with zero attached hydrogens (tertiary/aromatic N) is 3. The molecule has 0 aromatic carbocycles. The van der Waals surface area contributed by atoms with Gasteiger partial charge in [0.2, 0.25) is 5.88 Å². The van der Waals surface area contributed by atoms with Gasteiger partial charge in [-0.15, -0.1) is 0 Å². The predicted molar refractivity (Wildman–Crippen MR) is 131 cm³/mol. The van der Waals surface area contributed by atoms with Gasteiger partial charge in [0.1, 0.15) is 11.5 Å². The summed E-state index contributed by atoms with van der Waals surface area (Å²) in [5, 5.41) is 5.30. The van der Waals surface area contributed by atoms with E-state index in [-0.39, 0.29) is 22.9 Å². The minimum atomic E-state index is -0.347. The Bertz CT molecular complexity index is 1350. The number of fused-ring (bicyclic) bond motifs is 5. The summed E-state index contributed by atoms with van der Waals surface area (Å²) >= 11 is 0. The zero-order chi connectivity index (χ0) is 24.8. The fourth-order valence-electron chi connectivity index (χ4n) is 5.66. The van der Waals surface area contributed by atoms with Crippen LogP contribution in [-0.4, -0.2) is 52.3 Å². The Hall–Kier alpha value is -3.27. The second-order valence-corrected chi connectivity index (χ2v) is 10.1. The molecule has 0 atom stereocenters. The van der Waals surface area contributed by atoms with Crippen LogP contribution in [0.3, 0.4) is 0 Å². The average Bonchev–Trinajstić information content (AvgIpc) is 2.92. The summed E-state index contributed by atoms with van der Waals surface area (Å²) in [5.74, 6) is 0.124. The van der Waals surface area contributed by atoms with Crippen LogP contribution in [0.15, 0.2) is 42.2 Å². The SMILES string of the molecule is COc1ccc2ncc(F)c(CCC34CCC(NCC5=Cc6ncccc6[NH2+]C5=O)(CC3)CO4)c2n1. The van der Waals surface area contributed by atoms with Gasteiger partial charge in [-0.3, -0.25) is 9.97 Å². The molecule has 3 fully saturated rings. The van der Waals surface area contributed by atoms with E-state index in [2.05, 4.69) is 20.3 Å². The Kier molecular flexibility index (Phi) is 5.78. The van der Waals surface area contributed by atoms with Gasteiger partial charge in [-0.25, -0.2) is 19.5 Å². The van der Waals surface area contributed by atoms with Crippen LogP contribution in [0.4, 0.5) is 10.1 Å². The third-order valence-corrected chi connectivity index (χ3v) is 7.99. The second-order valence-electron chi connectivity index (χ2n) is 10.1. The Morgan fingerprint density at radius 3 is 2.83 bits per heavy atom. The third kappa shape index (κ3) is 4.17. The Balaban J connectivity index is 1.11. The highest BCUT2D eigenvalue weighted by molar-refractivity contribution is 5.95. The number of aryl methyl sites for hydroxylation is 1. The quantitative estimate of drug-likeness (QED) is 0.525. The first-order valence-electron chi connectivity index (χ1n) is 12.4. The zero-order valence-corrected chi connectivity index (χ0v) is 20.2. The number of aromatic nitrogens is 3. The maximum Gasteiger partial charge on any atom is 0.345 e. The van der Waals surface area contributed by atoms with Crippen LogP contribution in [0.2, 0.25) is 0 Å². The van der Waals surface area contributed by atoms with Crippen molar-refractivity contribution in [3.05, 3.63) is 59.3 Å². The number of amides is 1. The van der Waals surface area contributed by atoms with Crippen molar-refractivity contribution in [2.24, 2.45) is 0 Å². The van der Waals surface area contributed by atoms with Crippen molar-refractivity contribution in [2.75, 3.05) is 20.3 Å². The standard InChI is InChI=1S/C27H28FN5O3/c1-35-23-5-4-21-24(33-23)18(19(28)15-30-21)6-7-27-10-8-26(9-11-27,16-36-27)31-14-17-13-22-20(32-25(17)34)3-2-12-29-22/h2-5,12-13,15,31H,6-11,14,16H2,1H3,(H,32,34)/p+1. The van der Waals surface area contributed by atoms with E-state index in [0.717, 1.165) is 49.1 Å². The lowest BCUT2D eigenvalue weighted by Crippen LogP contribution is -2.84. The number of pyridine rings is 3. The first kappa shape index (κ1) is 23.1. The summed E-state index contributed by atoms with van der Waals surface area (Å²) in [6.45, 7) is 1.07. The van der Waals surface area contributed by atoms with Crippen molar-refractivity contribution in [3.8, 4) is 5.88 Å². The van der Waals surface area contributed by atoms with Gasteiger partial charge < -0.3 is 14.8 Å². The first-order chi connectivity index (χ1) is 17.5. The largest absolute Gasteiger partial charge is 0.481 e. The fourth-order valence-corrected chi connectivity index (χ4v) is 5.66. The van der Waals surface area contributed by atoms with Crippen molar-refractivity contribution in [1.29, 1.82) is 0 Å². The number of nitrogens with two attached hydrogens (primary N) is 1. The van der Waals surface area contributed by atoms with Crippen LogP contribution in [0.25, 0.3) is 17.1 Å². The van der Waals surface area contributed by atoms with Gasteiger partial charge in [0.15, 0.2) is 5.69 Å². The summed E-state index contributed by atoms with van der Waals surface area (Å²) in [6.07, 6.45) is 9.84. The van der Waals surface area contributed by atoms with Gasteiger partial charge in [-0.2, -0.15) is 0 Å². The first-order valence-corrected chi connectivity index (χ1v) is 12.4. The molecule has 4 aliphatic rings. The van der Waals surface area contributed by atoms with Crippen molar-refractivity contribution in [2.45, 2.75) is 49.7 Å². The molecule has 2 saturated heterocycles. The van der Waals surface area contributed by atoms with Crippen molar-refractivity contribution in [1.82, 2.24) is 20.3 Å². The number of carbonyl (C=O) groups is 1. The molecule has 0 spiro atoms. The molecule has 6 heterocycles. The Morgan fingerprint density at radius 1 is 1.19 bits per heavy atom. The van der Waals surface area contributed by atoms with Gasteiger partial charge in [-0.1, -0.05) is 0 Å². The van der Waals surface area contributed by atoms with E-state index in [0.29, 0.717) is 42.0 Å². The molecular weight excluding hydrogens is 461 g/mol. The van der Waals surface area contributed by atoms with Crippen molar-refractivity contribution >= 4 is 28.7 Å². The summed E-state index contributed by atoms with van der Waals surface area (Å²) < 4.78 is 26.5. The summed E-state index contributed by atoms with van der Waals surface area (Å²) in [4.78, 5) is 25.6. The van der Waals surface area contributed by atoms with E-state index in [9.17, 15) is 9.18 Å². The number of carbonyl (C=O) groups excluding carboxylic acids is 1. The molecule has 0 radical (unpaired) electrons. The fraction of sp³-hybridized carbons (Fsp3) is 0.407. The minimum Gasteiger partial charge on any atom is -0.481 e. The molecule has 36 heavy (non-hydrogen) atoms. The summed E-state index contributed by atoms with van der Waals surface area (Å²) in [5.41, 5.74) is 3.77. The maximum absolute atomic E-state index is 14.8. The number of hydrogen-bond acceptors (Lipinski definition) is 7. The van der Waals surface area contributed by atoms with E-state index in [1.807, 2.05) is 18.2 Å². The molecule has 8 nitrogen and oxygen atoms in total. The third-order valence-electron chi connectivity index (χ3n) is 7.99. The van der Waals surface area contributed by atoms with Crippen LogP contribution >= 0.6 is 0 Å². The average molecular weight is 491 g/mol. The molecule has 186 valence electrons. The molecule has 1 amide bonds. The maximum atomic E-state index is 14.8. The Labute approximate surface area is 208 Å². The van der Waals surface area contributed by atoms with E-state index in [1.54, 1.807) is 30.8 Å². The molecule has 9 heteroatoms. The molecule has 3 aromatic rings. The topological polar surface area (TPSA) is 103 Å². The number of ether oxygens (including phenoxy) is 2. The Morgan fingerprint density at radius 2 is 2.06 bits per heavy atom. The van der Waals surface area contributed by atoms with E-state index < -0.39 is 0 Å². The number of hydrogen-bond donors (Lipinski definition) is 2. The lowest BCUT2D eigenvalue weighted by molar-refractivity contribution is -0.480. The minimum absolute atomic E-state index is 0.0260. The predicted octanol–water partition coefficient (Wildman–Crippen LogP) is 2.60. The van der Waals surface area contributed by atoms with Gasteiger partial charge in [0.25, 0.3) is 0 Å². The van der Waals surface area contributed by atoms with Gasteiger partial charge >= 0.3 is 5.91 Å². The van der Waals surface area contributed by atoms with Crippen molar-refractivity contribution < 1.29 is 24.0 Å². The number of quaternary nitrogens is 1. The van der Waals surface area contributed by atoms with Crippen LogP contribution in [0, 0.1) is 5.82 Å². The monoisotopic (exact) mass is 490 g/mol. The van der Waals surface area contributed by atoms with Gasteiger partial charge in [-0.05, 0) is 56.7 Å². The van der Waals surface area contributed by atoms with Crippen LogP contribution in [0.5, 0.6) is 5.88 Å². The highest BCUT2D eigenvalue weighted by Gasteiger charge is 2.49. The number of rotatable bonds is 7. The number of primary amides is 1. The number of halogens is 1. The molecule has 2 bridgehead atoms. The van der Waals surface area contributed by atoms with Crippen LogP contribution < -0.4 is 15.4 Å². The number of nitrogens with one attached hydrogen (secondary N) is 1. The zero-order valence-electron chi connectivity index (χ0n) is 20.2. The van der Waals surface area contributed by atoms with Gasteiger partial charge in [0, 0.05) is 36.0 Å². The van der Waals surface area contributed by atoms with Gasteiger partial charge in [0.05, 0.1) is 42.1 Å². The second kappa shape index (κ2) is 8.99. The molecule has 1 aliphatic carbocycles. The smallest absolute Gasteiger partial charge is 0.345 e. The summed E-state index contributed by atoms with van der Waals surface area (Å²) in [6, 6.07) is 7.28. The molecule has 3 aliphatic heterocycles. The lowest BCUT2D eigenvalue weighted by atomic mass is 9.69. The molecule has 3 aromatic heterocycles. The van der Waals surface area contributed by atoms with E-state index in [1.165, 1.54) is 6.20 Å². The lowest BCUT2D eigenvalue weighted by Gasteiger charge is -2.53. The van der Waals surface area contributed by atoms with Crippen molar-refractivity contribution in [3.63, 3.8) is 0 Å². The number of methoxy groups -OCH3 is 1. The molecule has 1 saturated carbocycles. The van der Waals surface area contributed by atoms with E-state index in [4.69, 9.17) is 9.47 Å².